The lowest BCUT2D eigenvalue weighted by molar-refractivity contribution is -0.193. The molecule has 1 fully saturated rings. The van der Waals surface area contributed by atoms with Crippen LogP contribution in [0.5, 0.6) is 0 Å². The van der Waals surface area contributed by atoms with Gasteiger partial charge >= 0.3 is 18.1 Å². The monoisotopic (exact) mass is 305 g/mol. The van der Waals surface area contributed by atoms with Crippen LogP contribution < -0.4 is 0 Å². The zero-order valence-corrected chi connectivity index (χ0v) is 10.7. The molecule has 0 bridgehead atoms. The number of hydrogen-bond acceptors (Lipinski definition) is 2. The summed E-state index contributed by atoms with van der Waals surface area (Å²) in [6, 6.07) is 5.03. The van der Waals surface area contributed by atoms with Crippen LogP contribution in [0, 0.1) is 5.82 Å². The van der Waals surface area contributed by atoms with Crippen LogP contribution in [0.3, 0.4) is 0 Å². The summed E-state index contributed by atoms with van der Waals surface area (Å²) < 4.78 is 50.2. The lowest BCUT2D eigenvalue weighted by Gasteiger charge is -2.49. The van der Waals surface area contributed by atoms with Crippen molar-refractivity contribution in [1.29, 1.82) is 0 Å². The van der Waals surface area contributed by atoms with Crippen LogP contribution in [-0.2, 0) is 15.0 Å². The molecule has 1 N–H and O–H groups in total. The summed E-state index contributed by atoms with van der Waals surface area (Å²) in [5.74, 6) is -3.85. The van der Waals surface area contributed by atoms with Gasteiger partial charge in [0.15, 0.2) is 0 Å². The average Bonchev–Trinajstić information content (AvgIpc) is 2.30. The van der Waals surface area contributed by atoms with E-state index in [0.717, 1.165) is 12.1 Å². The van der Waals surface area contributed by atoms with Crippen molar-refractivity contribution in [3.8, 4) is 0 Å². The van der Waals surface area contributed by atoms with Crippen molar-refractivity contribution >= 4 is 11.9 Å². The fourth-order valence-electron chi connectivity index (χ4n) is 2.51. The fraction of sp³-hybridized carbons (Fsp3) is 0.385. The predicted octanol–water partition coefficient (Wildman–Crippen LogP) is 1.94. The van der Waals surface area contributed by atoms with Crippen LogP contribution >= 0.6 is 0 Å². The Morgan fingerprint density at radius 2 is 1.90 bits per heavy atom. The summed E-state index contributed by atoms with van der Waals surface area (Å²) in [7, 11) is 0. The first-order valence-corrected chi connectivity index (χ1v) is 5.98. The molecule has 0 aliphatic carbocycles. The van der Waals surface area contributed by atoms with Gasteiger partial charge in [-0.3, -0.25) is 9.59 Å². The van der Waals surface area contributed by atoms with Gasteiger partial charge in [0.1, 0.15) is 5.82 Å². The second kappa shape index (κ2) is 5.01. The maximum Gasteiger partial charge on any atom is 0.471 e. The van der Waals surface area contributed by atoms with Gasteiger partial charge in [-0.15, -0.1) is 0 Å². The third-order valence-corrected chi connectivity index (χ3v) is 3.44. The molecule has 0 spiro atoms. The number of rotatable bonds is 3. The van der Waals surface area contributed by atoms with Crippen LogP contribution in [0.25, 0.3) is 0 Å². The molecule has 1 aromatic carbocycles. The molecule has 8 heteroatoms. The van der Waals surface area contributed by atoms with Gasteiger partial charge in [-0.05, 0) is 17.7 Å². The van der Waals surface area contributed by atoms with E-state index < -0.39 is 48.8 Å². The zero-order chi connectivity index (χ0) is 15.8. The van der Waals surface area contributed by atoms with E-state index in [1.54, 1.807) is 0 Å². The number of amides is 1. The topological polar surface area (TPSA) is 57.6 Å². The summed E-state index contributed by atoms with van der Waals surface area (Å²) in [5, 5.41) is 8.91. The standard InChI is InChI=1S/C13H11F4NO3/c14-9-3-1-2-8(4-9)12(5-10(19)20)6-18(7-12)11(21)13(15,16)17/h1-4H,5-7H2,(H,19,20). The largest absolute Gasteiger partial charge is 0.481 e. The Labute approximate surface area is 117 Å². The minimum Gasteiger partial charge on any atom is -0.481 e. The Balaban J connectivity index is 2.24. The van der Waals surface area contributed by atoms with Gasteiger partial charge in [0, 0.05) is 18.5 Å². The van der Waals surface area contributed by atoms with E-state index in [1.165, 1.54) is 12.1 Å². The highest BCUT2D eigenvalue weighted by Crippen LogP contribution is 2.39. The summed E-state index contributed by atoms with van der Waals surface area (Å²) in [4.78, 5) is 22.5. The quantitative estimate of drug-likeness (QED) is 0.868. The minimum atomic E-state index is -5.00. The molecular formula is C13H11F4NO3. The molecule has 21 heavy (non-hydrogen) atoms. The third-order valence-electron chi connectivity index (χ3n) is 3.44. The van der Waals surface area contributed by atoms with Gasteiger partial charge in [-0.25, -0.2) is 4.39 Å². The Morgan fingerprint density at radius 3 is 2.38 bits per heavy atom. The first kappa shape index (κ1) is 15.3. The van der Waals surface area contributed by atoms with Crippen LogP contribution in [0.2, 0.25) is 0 Å². The highest BCUT2D eigenvalue weighted by molar-refractivity contribution is 5.83. The molecular weight excluding hydrogens is 294 g/mol. The summed E-state index contributed by atoms with van der Waals surface area (Å²) in [5.41, 5.74) is -0.911. The smallest absolute Gasteiger partial charge is 0.471 e. The van der Waals surface area contributed by atoms with Crippen molar-refractivity contribution in [3.63, 3.8) is 0 Å². The van der Waals surface area contributed by atoms with Crippen molar-refractivity contribution in [1.82, 2.24) is 4.90 Å². The molecule has 114 valence electrons. The maximum absolute atomic E-state index is 13.2. The van der Waals surface area contributed by atoms with Gasteiger partial charge < -0.3 is 10.0 Å². The zero-order valence-electron chi connectivity index (χ0n) is 10.7. The first-order chi connectivity index (χ1) is 9.64. The SMILES string of the molecule is O=C(O)CC1(c2cccc(F)c2)CN(C(=O)C(F)(F)F)C1. The number of hydrogen-bond donors (Lipinski definition) is 1. The van der Waals surface area contributed by atoms with E-state index in [0.29, 0.717) is 4.90 Å². The molecule has 4 nitrogen and oxygen atoms in total. The molecule has 2 rings (SSSR count). The molecule has 1 aliphatic rings. The minimum absolute atomic E-state index is 0.274. The number of carbonyl (C=O) groups is 2. The molecule has 1 aromatic rings. The van der Waals surface area contributed by atoms with Crippen molar-refractivity contribution in [3.05, 3.63) is 35.6 Å². The number of halogens is 4. The van der Waals surface area contributed by atoms with E-state index in [2.05, 4.69) is 0 Å². The fourth-order valence-corrected chi connectivity index (χ4v) is 2.51. The Kier molecular flexibility index (Phi) is 3.65. The summed E-state index contributed by atoms with van der Waals surface area (Å²) >= 11 is 0. The maximum atomic E-state index is 13.2. The van der Waals surface area contributed by atoms with Gasteiger partial charge in [0.25, 0.3) is 0 Å². The molecule has 0 saturated carbocycles. The number of carbonyl (C=O) groups excluding carboxylic acids is 1. The normalized spacial score (nSPS) is 17.2. The van der Waals surface area contributed by atoms with E-state index >= 15 is 0 Å². The number of carboxylic acid groups (broad SMARTS) is 1. The molecule has 1 heterocycles. The number of likely N-dealkylation sites (tertiary alicyclic amines) is 1. The lowest BCUT2D eigenvalue weighted by Crippen LogP contribution is -2.64. The molecule has 1 aliphatic heterocycles. The first-order valence-electron chi connectivity index (χ1n) is 5.98. The van der Waals surface area contributed by atoms with Gasteiger partial charge in [0.2, 0.25) is 0 Å². The van der Waals surface area contributed by atoms with Gasteiger partial charge in [-0.1, -0.05) is 12.1 Å². The molecule has 0 unspecified atom stereocenters. The van der Waals surface area contributed by atoms with Gasteiger partial charge in [0.05, 0.1) is 6.42 Å². The highest BCUT2D eigenvalue weighted by atomic mass is 19.4. The van der Waals surface area contributed by atoms with Gasteiger partial charge in [-0.2, -0.15) is 13.2 Å². The molecule has 0 atom stereocenters. The van der Waals surface area contributed by atoms with Crippen LogP contribution in [0.1, 0.15) is 12.0 Å². The number of benzene rings is 1. The molecule has 0 radical (unpaired) electrons. The van der Waals surface area contributed by atoms with Crippen molar-refractivity contribution in [2.75, 3.05) is 13.1 Å². The number of nitrogens with zero attached hydrogens (tertiary/aromatic N) is 1. The van der Waals surface area contributed by atoms with Crippen LogP contribution in [0.4, 0.5) is 17.6 Å². The number of carboxylic acids is 1. The number of alkyl halides is 3. The van der Waals surface area contributed by atoms with Crippen molar-refractivity contribution in [2.24, 2.45) is 0 Å². The number of aliphatic carboxylic acids is 1. The van der Waals surface area contributed by atoms with E-state index in [1.807, 2.05) is 0 Å². The average molecular weight is 305 g/mol. The van der Waals surface area contributed by atoms with E-state index in [-0.39, 0.29) is 5.56 Å². The lowest BCUT2D eigenvalue weighted by atomic mass is 9.71. The second-order valence-corrected chi connectivity index (χ2v) is 5.02. The van der Waals surface area contributed by atoms with Crippen molar-refractivity contribution < 1.29 is 32.3 Å². The summed E-state index contributed by atoms with van der Waals surface area (Å²) in [6.45, 7) is -0.803. The van der Waals surface area contributed by atoms with E-state index in [4.69, 9.17) is 5.11 Å². The van der Waals surface area contributed by atoms with Crippen LogP contribution in [-0.4, -0.2) is 41.1 Å². The Bertz CT molecular complexity index is 579. The Hall–Kier alpha value is -2.12. The second-order valence-electron chi connectivity index (χ2n) is 5.02. The third kappa shape index (κ3) is 2.98. The van der Waals surface area contributed by atoms with Crippen molar-refractivity contribution in [2.45, 2.75) is 18.0 Å². The highest BCUT2D eigenvalue weighted by Gasteiger charge is 2.54. The molecule has 0 aromatic heterocycles. The predicted molar refractivity (Wildman–Crippen MR) is 63.0 cm³/mol. The molecule has 1 amide bonds. The Morgan fingerprint density at radius 1 is 1.29 bits per heavy atom. The molecule has 1 saturated heterocycles. The van der Waals surface area contributed by atoms with Crippen LogP contribution in [0.15, 0.2) is 24.3 Å². The summed E-state index contributed by atoms with van der Waals surface area (Å²) in [6.07, 6.45) is -5.48. The van der Waals surface area contributed by atoms with E-state index in [9.17, 15) is 27.2 Å².